The van der Waals surface area contributed by atoms with E-state index in [1.54, 1.807) is 18.2 Å². The van der Waals surface area contributed by atoms with Crippen molar-refractivity contribution in [3.8, 4) is 0 Å². The smallest absolute Gasteiger partial charge is 0.311 e. The van der Waals surface area contributed by atoms with Crippen molar-refractivity contribution >= 4 is 28.6 Å². The number of imidazole rings is 1. The highest BCUT2D eigenvalue weighted by atomic mass is 35.5. The number of hydrogen-bond acceptors (Lipinski definition) is 2. The fourth-order valence-corrected chi connectivity index (χ4v) is 1.43. The lowest BCUT2D eigenvalue weighted by molar-refractivity contribution is -0.136. The molecule has 14 heavy (non-hydrogen) atoms. The summed E-state index contributed by atoms with van der Waals surface area (Å²) in [5.74, 6) is -0.468. The van der Waals surface area contributed by atoms with Gasteiger partial charge in [-0.1, -0.05) is 11.6 Å². The second-order valence-electron chi connectivity index (χ2n) is 2.92. The number of aromatic amines is 1. The normalized spacial score (nSPS) is 10.6. The Bertz CT molecular complexity index is 493. The molecule has 72 valence electrons. The highest BCUT2D eigenvalue weighted by Gasteiger charge is 2.06. The molecule has 4 nitrogen and oxygen atoms in total. The molecule has 2 aromatic rings. The molecule has 1 aromatic carbocycles. The van der Waals surface area contributed by atoms with Gasteiger partial charge in [0.1, 0.15) is 12.2 Å². The lowest BCUT2D eigenvalue weighted by atomic mass is 10.3. The summed E-state index contributed by atoms with van der Waals surface area (Å²) in [6.07, 6.45) is -0.105. The molecule has 0 amide bonds. The summed E-state index contributed by atoms with van der Waals surface area (Å²) in [4.78, 5) is 17.4. The maximum atomic E-state index is 10.4. The molecule has 5 heteroatoms. The number of H-pyrrole nitrogens is 1. The predicted molar refractivity (Wildman–Crippen MR) is 52.4 cm³/mol. The first-order valence-electron chi connectivity index (χ1n) is 4.01. The third kappa shape index (κ3) is 1.70. The van der Waals surface area contributed by atoms with Gasteiger partial charge in [-0.15, -0.1) is 0 Å². The Morgan fingerprint density at radius 2 is 2.36 bits per heavy atom. The fourth-order valence-electron chi connectivity index (χ4n) is 1.26. The zero-order chi connectivity index (χ0) is 10.1. The van der Waals surface area contributed by atoms with E-state index >= 15 is 0 Å². The van der Waals surface area contributed by atoms with E-state index in [1.165, 1.54) is 0 Å². The minimum absolute atomic E-state index is 0.105. The summed E-state index contributed by atoms with van der Waals surface area (Å²) in [6, 6.07) is 5.18. The molecule has 0 aliphatic carbocycles. The highest BCUT2D eigenvalue weighted by molar-refractivity contribution is 6.31. The minimum Gasteiger partial charge on any atom is -0.481 e. The average molecular weight is 211 g/mol. The molecule has 0 aliphatic rings. The van der Waals surface area contributed by atoms with Crippen LogP contribution < -0.4 is 0 Å². The van der Waals surface area contributed by atoms with Crippen molar-refractivity contribution in [2.24, 2.45) is 0 Å². The van der Waals surface area contributed by atoms with Gasteiger partial charge in [-0.05, 0) is 18.2 Å². The SMILES string of the molecule is O=C(O)Cc1nc2ccc(Cl)cc2[nH]1. The van der Waals surface area contributed by atoms with Crippen LogP contribution in [0.2, 0.25) is 5.02 Å². The Labute approximate surface area is 84.5 Å². The van der Waals surface area contributed by atoms with Crippen molar-refractivity contribution in [3.05, 3.63) is 29.0 Å². The van der Waals surface area contributed by atoms with Crippen LogP contribution in [-0.2, 0) is 11.2 Å². The van der Waals surface area contributed by atoms with Crippen LogP contribution >= 0.6 is 11.6 Å². The monoisotopic (exact) mass is 210 g/mol. The van der Waals surface area contributed by atoms with E-state index in [1.807, 2.05) is 0 Å². The number of benzene rings is 1. The molecular formula is C9H7ClN2O2. The van der Waals surface area contributed by atoms with Gasteiger partial charge >= 0.3 is 5.97 Å². The topological polar surface area (TPSA) is 66.0 Å². The van der Waals surface area contributed by atoms with Gasteiger partial charge in [-0.3, -0.25) is 4.79 Å². The highest BCUT2D eigenvalue weighted by Crippen LogP contribution is 2.17. The predicted octanol–water partition coefficient (Wildman–Crippen LogP) is 1.84. The van der Waals surface area contributed by atoms with Gasteiger partial charge in [0.25, 0.3) is 0 Å². The summed E-state index contributed by atoms with van der Waals surface area (Å²) < 4.78 is 0. The number of aliphatic carboxylic acids is 1. The van der Waals surface area contributed by atoms with E-state index < -0.39 is 5.97 Å². The number of carboxylic acids is 1. The van der Waals surface area contributed by atoms with E-state index in [2.05, 4.69) is 9.97 Å². The van der Waals surface area contributed by atoms with Crippen molar-refractivity contribution in [1.82, 2.24) is 9.97 Å². The number of halogens is 1. The number of nitrogens with zero attached hydrogens (tertiary/aromatic N) is 1. The average Bonchev–Trinajstić information content (AvgIpc) is 2.44. The molecule has 1 heterocycles. The summed E-state index contributed by atoms with van der Waals surface area (Å²) >= 11 is 5.77. The molecular weight excluding hydrogens is 204 g/mol. The summed E-state index contributed by atoms with van der Waals surface area (Å²) in [5, 5.41) is 9.16. The molecule has 0 unspecified atom stereocenters. The first kappa shape index (κ1) is 9.02. The van der Waals surface area contributed by atoms with Crippen LogP contribution in [0.1, 0.15) is 5.82 Å². The van der Waals surface area contributed by atoms with Gasteiger partial charge in [0, 0.05) is 5.02 Å². The lowest BCUT2D eigenvalue weighted by Crippen LogP contribution is -2.01. The Kier molecular flexibility index (Phi) is 2.13. The summed E-state index contributed by atoms with van der Waals surface area (Å²) in [7, 11) is 0. The third-order valence-electron chi connectivity index (χ3n) is 1.81. The number of carbonyl (C=O) groups is 1. The second kappa shape index (κ2) is 3.31. The number of aromatic nitrogens is 2. The first-order chi connectivity index (χ1) is 6.65. The van der Waals surface area contributed by atoms with E-state index in [0.717, 1.165) is 11.0 Å². The molecule has 0 radical (unpaired) electrons. The molecule has 1 aromatic heterocycles. The standard InChI is InChI=1S/C9H7ClN2O2/c10-5-1-2-6-7(3-5)12-8(11-6)4-9(13)14/h1-3H,4H2,(H,11,12)(H,13,14). The Hall–Kier alpha value is -1.55. The van der Waals surface area contributed by atoms with Gasteiger partial charge in [0.15, 0.2) is 0 Å². The zero-order valence-corrected chi connectivity index (χ0v) is 7.88. The molecule has 2 N–H and O–H groups in total. The Morgan fingerprint density at radius 1 is 1.57 bits per heavy atom. The minimum atomic E-state index is -0.907. The van der Waals surface area contributed by atoms with E-state index in [0.29, 0.717) is 10.8 Å². The lowest BCUT2D eigenvalue weighted by Gasteiger charge is -1.87. The second-order valence-corrected chi connectivity index (χ2v) is 3.35. The molecule has 0 aliphatic heterocycles. The summed E-state index contributed by atoms with van der Waals surface area (Å²) in [6.45, 7) is 0. The van der Waals surface area contributed by atoms with E-state index in [9.17, 15) is 4.79 Å². The number of rotatable bonds is 2. The van der Waals surface area contributed by atoms with Crippen molar-refractivity contribution in [1.29, 1.82) is 0 Å². The zero-order valence-electron chi connectivity index (χ0n) is 7.12. The maximum absolute atomic E-state index is 10.4. The summed E-state index contributed by atoms with van der Waals surface area (Å²) in [5.41, 5.74) is 1.49. The fraction of sp³-hybridized carbons (Fsp3) is 0.111. The molecule has 0 fully saturated rings. The molecule has 0 saturated carbocycles. The van der Waals surface area contributed by atoms with E-state index in [4.69, 9.17) is 16.7 Å². The van der Waals surface area contributed by atoms with Crippen molar-refractivity contribution in [3.63, 3.8) is 0 Å². The largest absolute Gasteiger partial charge is 0.481 e. The maximum Gasteiger partial charge on any atom is 0.311 e. The molecule has 0 saturated heterocycles. The van der Waals surface area contributed by atoms with E-state index in [-0.39, 0.29) is 6.42 Å². The van der Waals surface area contributed by atoms with Gasteiger partial charge in [0.05, 0.1) is 11.0 Å². The van der Waals surface area contributed by atoms with Crippen LogP contribution in [0.15, 0.2) is 18.2 Å². The third-order valence-corrected chi connectivity index (χ3v) is 2.05. The molecule has 2 rings (SSSR count). The van der Waals surface area contributed by atoms with Crippen LogP contribution in [0.25, 0.3) is 11.0 Å². The number of hydrogen-bond donors (Lipinski definition) is 2. The van der Waals surface area contributed by atoms with Crippen LogP contribution in [-0.4, -0.2) is 21.0 Å². The van der Waals surface area contributed by atoms with Crippen LogP contribution in [0.3, 0.4) is 0 Å². The molecule has 0 spiro atoms. The van der Waals surface area contributed by atoms with Gasteiger partial charge in [-0.2, -0.15) is 0 Å². The number of fused-ring (bicyclic) bond motifs is 1. The number of nitrogens with one attached hydrogen (secondary N) is 1. The van der Waals surface area contributed by atoms with Gasteiger partial charge < -0.3 is 10.1 Å². The first-order valence-corrected chi connectivity index (χ1v) is 4.39. The Balaban J connectivity index is 2.46. The van der Waals surface area contributed by atoms with Crippen molar-refractivity contribution < 1.29 is 9.90 Å². The molecule has 0 bridgehead atoms. The van der Waals surface area contributed by atoms with Crippen molar-refractivity contribution in [2.75, 3.05) is 0 Å². The van der Waals surface area contributed by atoms with Crippen LogP contribution in [0.4, 0.5) is 0 Å². The van der Waals surface area contributed by atoms with Crippen molar-refractivity contribution in [2.45, 2.75) is 6.42 Å². The van der Waals surface area contributed by atoms with Gasteiger partial charge in [-0.25, -0.2) is 4.98 Å². The van der Waals surface area contributed by atoms with Gasteiger partial charge in [0.2, 0.25) is 0 Å². The van der Waals surface area contributed by atoms with Crippen LogP contribution in [0.5, 0.6) is 0 Å². The number of carboxylic acid groups (broad SMARTS) is 1. The Morgan fingerprint density at radius 3 is 3.07 bits per heavy atom. The van der Waals surface area contributed by atoms with Crippen LogP contribution in [0, 0.1) is 0 Å². The quantitative estimate of drug-likeness (QED) is 0.795. The molecule has 0 atom stereocenters.